The number of carbonyl (C=O) groups is 1. The Bertz CT molecular complexity index is 735. The normalized spacial score (nSPS) is 14.4. The molecule has 0 spiro atoms. The highest BCUT2D eigenvalue weighted by molar-refractivity contribution is 6.88. The number of hydrogen-bond donors (Lipinski definition) is 0. The van der Waals surface area contributed by atoms with E-state index in [-0.39, 0.29) is 6.03 Å². The molecule has 2 heterocycles. The van der Waals surface area contributed by atoms with Crippen LogP contribution in [0.4, 0.5) is 10.5 Å². The average Bonchev–Trinajstić information content (AvgIpc) is 2.91. The molecule has 0 N–H and O–H groups in total. The molecule has 0 saturated heterocycles. The van der Waals surface area contributed by atoms with Gasteiger partial charge in [-0.2, -0.15) is 13.9 Å². The van der Waals surface area contributed by atoms with E-state index in [2.05, 4.69) is 25.7 Å². The highest BCUT2D eigenvalue weighted by atomic mass is 28.3. The lowest BCUT2D eigenvalue weighted by Crippen LogP contribution is -2.45. The van der Waals surface area contributed by atoms with E-state index in [1.807, 2.05) is 48.0 Å². The second kappa shape index (κ2) is 4.28. The van der Waals surface area contributed by atoms with Crippen LogP contribution in [0.5, 0.6) is 0 Å². The molecule has 20 heavy (non-hydrogen) atoms. The van der Waals surface area contributed by atoms with Crippen LogP contribution in [0.25, 0.3) is 0 Å². The maximum atomic E-state index is 12.8. The van der Waals surface area contributed by atoms with Crippen molar-refractivity contribution >= 4 is 31.3 Å². The van der Waals surface area contributed by atoms with E-state index in [0.29, 0.717) is 0 Å². The molecule has 3 nitrogen and oxygen atoms in total. The van der Waals surface area contributed by atoms with Crippen molar-refractivity contribution in [1.29, 1.82) is 0 Å². The quantitative estimate of drug-likeness (QED) is 0.614. The molecule has 1 aromatic carbocycles. The lowest BCUT2D eigenvalue weighted by atomic mass is 10.2. The Morgan fingerprint density at radius 1 is 1.05 bits per heavy atom. The highest BCUT2D eigenvalue weighted by Gasteiger charge is 2.38. The van der Waals surface area contributed by atoms with Gasteiger partial charge in [-0.25, -0.2) is 0 Å². The lowest BCUT2D eigenvalue weighted by Gasteiger charge is -2.13. The zero-order valence-electron chi connectivity index (χ0n) is 12.3. The van der Waals surface area contributed by atoms with Crippen molar-refractivity contribution in [2.75, 3.05) is 0 Å². The van der Waals surface area contributed by atoms with Gasteiger partial charge in [0.25, 0.3) is 0 Å². The van der Waals surface area contributed by atoms with Crippen LogP contribution in [0.3, 0.4) is 0 Å². The Morgan fingerprint density at radius 2 is 1.75 bits per heavy atom. The largest absolute Gasteiger partial charge is 0.508 e. The van der Waals surface area contributed by atoms with Gasteiger partial charge in [0.05, 0.1) is 5.32 Å². The number of hydrogen-bond acceptors (Lipinski definition) is 1. The minimum Gasteiger partial charge on any atom is -0.196 e. The lowest BCUT2D eigenvalue weighted by molar-refractivity contribution is -0.322. The van der Waals surface area contributed by atoms with E-state index in [4.69, 9.17) is 0 Å². The van der Waals surface area contributed by atoms with Gasteiger partial charge >= 0.3 is 6.03 Å². The molecule has 0 bridgehead atoms. The molecule has 0 saturated carbocycles. The summed E-state index contributed by atoms with van der Waals surface area (Å²) in [5.41, 5.74) is 3.05. The summed E-state index contributed by atoms with van der Waals surface area (Å²) in [6.45, 7) is 8.82. The molecule has 102 valence electrons. The van der Waals surface area contributed by atoms with Crippen LogP contribution in [0.2, 0.25) is 19.6 Å². The molecule has 0 fully saturated rings. The SMILES string of the molecule is Cc1ccccc1[N+]1=Cc2ccc([Si](C)(C)C)n2C1=O. The number of rotatable bonds is 2. The molecule has 1 aromatic heterocycles. The molecule has 0 atom stereocenters. The van der Waals surface area contributed by atoms with Gasteiger partial charge < -0.3 is 0 Å². The van der Waals surface area contributed by atoms with Crippen molar-refractivity contribution < 1.29 is 9.37 Å². The number of aryl methyl sites for hydroxylation is 1. The second-order valence-electron chi connectivity index (χ2n) is 6.30. The Balaban J connectivity index is 2.11. The number of para-hydroxylation sites is 1. The van der Waals surface area contributed by atoms with Crippen LogP contribution >= 0.6 is 0 Å². The molecule has 0 aliphatic carbocycles. The van der Waals surface area contributed by atoms with Crippen molar-refractivity contribution in [1.82, 2.24) is 4.57 Å². The first kappa shape index (κ1) is 13.1. The zero-order chi connectivity index (χ0) is 14.5. The van der Waals surface area contributed by atoms with E-state index >= 15 is 0 Å². The summed E-state index contributed by atoms with van der Waals surface area (Å²) in [6, 6.07) is 12.2. The Labute approximate surface area is 120 Å². The summed E-state index contributed by atoms with van der Waals surface area (Å²) < 4.78 is 3.63. The van der Waals surface area contributed by atoms with Crippen LogP contribution in [-0.4, -0.2) is 29.5 Å². The average molecular weight is 283 g/mol. The molecular formula is C16H19N2OSi+. The van der Waals surface area contributed by atoms with Crippen LogP contribution in [0.15, 0.2) is 36.4 Å². The first-order valence-corrected chi connectivity index (χ1v) is 10.4. The maximum absolute atomic E-state index is 12.8. The van der Waals surface area contributed by atoms with E-state index in [0.717, 1.165) is 16.9 Å². The Hall–Kier alpha value is -1.94. The number of fused-ring (bicyclic) bond motifs is 1. The van der Waals surface area contributed by atoms with Gasteiger partial charge in [0.1, 0.15) is 20.0 Å². The Kier molecular flexibility index (Phi) is 2.79. The fourth-order valence-electron chi connectivity index (χ4n) is 2.65. The smallest absolute Gasteiger partial charge is 0.196 e. The van der Waals surface area contributed by atoms with Gasteiger partial charge in [-0.3, -0.25) is 0 Å². The third-order valence-electron chi connectivity index (χ3n) is 3.71. The van der Waals surface area contributed by atoms with Gasteiger partial charge in [0.2, 0.25) is 0 Å². The summed E-state index contributed by atoms with van der Waals surface area (Å²) in [4.78, 5) is 12.8. The van der Waals surface area contributed by atoms with Crippen LogP contribution in [0, 0.1) is 6.92 Å². The molecular weight excluding hydrogens is 264 g/mol. The van der Waals surface area contributed by atoms with Gasteiger partial charge in [0.15, 0.2) is 5.69 Å². The van der Waals surface area contributed by atoms with Crippen molar-refractivity contribution in [2.24, 2.45) is 0 Å². The van der Waals surface area contributed by atoms with Gasteiger partial charge in [0, 0.05) is 0 Å². The fourth-order valence-corrected chi connectivity index (χ4v) is 4.13. The molecule has 3 rings (SSSR count). The van der Waals surface area contributed by atoms with Crippen molar-refractivity contribution in [3.63, 3.8) is 0 Å². The van der Waals surface area contributed by atoms with Crippen LogP contribution in [0.1, 0.15) is 11.3 Å². The summed E-state index contributed by atoms with van der Waals surface area (Å²) in [5.74, 6) is 0. The molecule has 0 unspecified atom stereocenters. The first-order valence-electron chi connectivity index (χ1n) is 6.86. The van der Waals surface area contributed by atoms with E-state index in [1.165, 1.54) is 5.32 Å². The number of benzene rings is 1. The molecule has 1 aliphatic heterocycles. The number of aromatic nitrogens is 1. The third-order valence-corrected chi connectivity index (χ3v) is 5.64. The predicted octanol–water partition coefficient (Wildman–Crippen LogP) is 3.09. The number of nitrogens with zero attached hydrogens (tertiary/aromatic N) is 2. The number of amides is 1. The molecule has 1 amide bonds. The summed E-state index contributed by atoms with van der Waals surface area (Å²) >= 11 is 0. The fraction of sp³-hybridized carbons (Fsp3) is 0.250. The summed E-state index contributed by atoms with van der Waals surface area (Å²) in [5, 5.41) is 1.19. The molecule has 4 heteroatoms. The van der Waals surface area contributed by atoms with Crippen molar-refractivity contribution in [2.45, 2.75) is 26.6 Å². The topological polar surface area (TPSA) is 25.0 Å². The third kappa shape index (κ3) is 1.88. The Morgan fingerprint density at radius 3 is 2.40 bits per heavy atom. The molecule has 1 aliphatic rings. The van der Waals surface area contributed by atoms with Crippen molar-refractivity contribution in [3.05, 3.63) is 47.7 Å². The molecule has 0 radical (unpaired) electrons. The standard InChI is InChI=1S/C16H19N2OSi/c1-12-7-5-6-8-14(12)17-11-13-9-10-15(20(2,3)4)18(13)16(17)19/h5-11H,1-4H3/q+1. The first-order chi connectivity index (χ1) is 9.39. The summed E-state index contributed by atoms with van der Waals surface area (Å²) in [6.07, 6.45) is 1.94. The summed E-state index contributed by atoms with van der Waals surface area (Å²) in [7, 11) is -1.53. The predicted molar refractivity (Wildman–Crippen MR) is 84.5 cm³/mol. The van der Waals surface area contributed by atoms with E-state index < -0.39 is 8.07 Å². The van der Waals surface area contributed by atoms with Crippen LogP contribution in [-0.2, 0) is 0 Å². The monoisotopic (exact) mass is 283 g/mol. The van der Waals surface area contributed by atoms with Gasteiger partial charge in [-0.05, 0) is 30.7 Å². The maximum Gasteiger partial charge on any atom is 0.508 e. The second-order valence-corrected chi connectivity index (χ2v) is 11.3. The van der Waals surface area contributed by atoms with Gasteiger partial charge in [-0.1, -0.05) is 37.8 Å². The minimum absolute atomic E-state index is 0.0386. The van der Waals surface area contributed by atoms with Crippen molar-refractivity contribution in [3.8, 4) is 0 Å². The zero-order valence-corrected chi connectivity index (χ0v) is 13.3. The molecule has 2 aromatic rings. The van der Waals surface area contributed by atoms with Crippen LogP contribution < -0.4 is 5.32 Å². The van der Waals surface area contributed by atoms with Gasteiger partial charge in [-0.15, -0.1) is 0 Å². The minimum atomic E-state index is -1.53. The van der Waals surface area contributed by atoms with E-state index in [1.54, 1.807) is 4.58 Å². The van der Waals surface area contributed by atoms with E-state index in [9.17, 15) is 4.79 Å². The number of carbonyl (C=O) groups excluding carboxylic acids is 1. The highest BCUT2D eigenvalue weighted by Crippen LogP contribution is 2.22.